The van der Waals surface area contributed by atoms with Crippen molar-refractivity contribution in [2.24, 2.45) is 5.11 Å². The maximum atomic E-state index is 12.7. The highest BCUT2D eigenvalue weighted by atomic mass is 35.5. The van der Waals surface area contributed by atoms with E-state index >= 15 is 0 Å². The van der Waals surface area contributed by atoms with Crippen molar-refractivity contribution in [2.45, 2.75) is 18.4 Å². The van der Waals surface area contributed by atoms with Crippen LogP contribution >= 0.6 is 12.4 Å². The molecule has 7 heteroatoms. The molecule has 0 bridgehead atoms. The first-order valence-electron chi connectivity index (χ1n) is 3.29. The molecule has 1 aliphatic rings. The minimum absolute atomic E-state index is 0. The van der Waals surface area contributed by atoms with Gasteiger partial charge in [0.25, 0.3) is 5.92 Å². The molecule has 0 aliphatic carbocycles. The smallest absolute Gasteiger partial charge is 0.268 e. The Morgan fingerprint density at radius 2 is 2.25 bits per heavy atom. The molecule has 1 rings (SSSR count). The molecule has 12 heavy (non-hydrogen) atoms. The van der Waals surface area contributed by atoms with Gasteiger partial charge in [0.1, 0.15) is 6.04 Å². The Labute approximate surface area is 74.4 Å². The van der Waals surface area contributed by atoms with Crippen molar-refractivity contribution >= 4 is 12.4 Å². The molecule has 0 aromatic heterocycles. The molecule has 0 aromatic carbocycles. The van der Waals surface area contributed by atoms with Crippen molar-refractivity contribution < 1.29 is 8.78 Å². The second-order valence-electron chi connectivity index (χ2n) is 2.45. The first-order chi connectivity index (χ1) is 5.17. The summed E-state index contributed by atoms with van der Waals surface area (Å²) in [4.78, 5) is 2.37. The maximum absolute atomic E-state index is 12.7. The van der Waals surface area contributed by atoms with Crippen LogP contribution in [0.25, 0.3) is 10.4 Å². The van der Waals surface area contributed by atoms with Crippen molar-refractivity contribution in [1.29, 1.82) is 0 Å². The lowest BCUT2D eigenvalue weighted by molar-refractivity contribution is -0.0386. The third kappa shape index (κ3) is 2.48. The van der Waals surface area contributed by atoms with Gasteiger partial charge in [-0.3, -0.25) is 0 Å². The van der Waals surface area contributed by atoms with Gasteiger partial charge in [0.05, 0.1) is 6.54 Å². The summed E-state index contributed by atoms with van der Waals surface area (Å²) in [5.74, 6) is -2.88. The Hall–Kier alpha value is -0.580. The topological polar surface area (TPSA) is 60.8 Å². The standard InChI is InChI=1S/C5H8F2N4.ClH/c6-5(7)3-9-2-1-4(5)10-11-8;/h4,9H,1-3H2;1H. The summed E-state index contributed by atoms with van der Waals surface area (Å²) in [5, 5.41) is 5.56. The summed E-state index contributed by atoms with van der Waals surface area (Å²) >= 11 is 0. The van der Waals surface area contributed by atoms with E-state index in [4.69, 9.17) is 5.53 Å². The normalized spacial score (nSPS) is 26.7. The van der Waals surface area contributed by atoms with E-state index in [1.165, 1.54) is 0 Å². The Balaban J connectivity index is 0.00000121. The van der Waals surface area contributed by atoms with Crippen LogP contribution in [0.15, 0.2) is 5.11 Å². The summed E-state index contributed by atoms with van der Waals surface area (Å²) in [6.07, 6.45) is 0.205. The van der Waals surface area contributed by atoms with Gasteiger partial charge in [0.2, 0.25) is 0 Å². The van der Waals surface area contributed by atoms with Gasteiger partial charge in [-0.1, -0.05) is 5.11 Å². The van der Waals surface area contributed by atoms with Crippen LogP contribution in [0.4, 0.5) is 8.78 Å². The lowest BCUT2D eigenvalue weighted by Crippen LogP contribution is -2.48. The molecular weight excluding hydrogens is 190 g/mol. The van der Waals surface area contributed by atoms with E-state index in [-0.39, 0.29) is 18.8 Å². The van der Waals surface area contributed by atoms with Crippen molar-refractivity contribution in [3.8, 4) is 0 Å². The summed E-state index contributed by atoms with van der Waals surface area (Å²) in [6, 6.07) is -1.17. The lowest BCUT2D eigenvalue weighted by atomic mass is 10.0. The van der Waals surface area contributed by atoms with Gasteiger partial charge in [-0.05, 0) is 18.5 Å². The van der Waals surface area contributed by atoms with Gasteiger partial charge in [-0.2, -0.15) is 0 Å². The molecule has 1 aliphatic heterocycles. The Bertz CT molecular complexity index is 192. The highest BCUT2D eigenvalue weighted by Gasteiger charge is 2.40. The number of piperidine rings is 1. The summed E-state index contributed by atoms with van der Waals surface area (Å²) < 4.78 is 25.5. The Morgan fingerprint density at radius 3 is 2.75 bits per heavy atom. The fourth-order valence-electron chi connectivity index (χ4n) is 1.03. The first kappa shape index (κ1) is 11.4. The average Bonchev–Trinajstić information content (AvgIpc) is 1.94. The SMILES string of the molecule is Cl.[N-]=[N+]=NC1CCNCC1(F)F. The second kappa shape index (κ2) is 4.45. The quantitative estimate of drug-likeness (QED) is 0.389. The summed E-state index contributed by atoms with van der Waals surface area (Å²) in [7, 11) is 0. The molecule has 70 valence electrons. The van der Waals surface area contributed by atoms with Crippen LogP contribution in [0.1, 0.15) is 6.42 Å². The molecule has 0 saturated carbocycles. The number of alkyl halides is 2. The zero-order valence-corrected chi connectivity index (χ0v) is 7.02. The van der Waals surface area contributed by atoms with Crippen molar-refractivity contribution in [3.05, 3.63) is 10.4 Å². The number of hydrogen-bond donors (Lipinski definition) is 1. The van der Waals surface area contributed by atoms with Crippen molar-refractivity contribution in [3.63, 3.8) is 0 Å². The molecule has 4 nitrogen and oxygen atoms in total. The maximum Gasteiger partial charge on any atom is 0.268 e. The van der Waals surface area contributed by atoms with Gasteiger partial charge < -0.3 is 5.32 Å². The van der Waals surface area contributed by atoms with Crippen LogP contribution in [0.2, 0.25) is 0 Å². The van der Waals surface area contributed by atoms with E-state index < -0.39 is 18.5 Å². The molecule has 0 amide bonds. The van der Waals surface area contributed by atoms with Crippen LogP contribution < -0.4 is 5.32 Å². The fourth-order valence-corrected chi connectivity index (χ4v) is 1.03. The van der Waals surface area contributed by atoms with Gasteiger partial charge >= 0.3 is 0 Å². The van der Waals surface area contributed by atoms with Gasteiger partial charge in [0.15, 0.2) is 0 Å². The molecule has 1 saturated heterocycles. The molecule has 0 spiro atoms. The average molecular weight is 199 g/mol. The third-order valence-corrected chi connectivity index (χ3v) is 1.63. The molecule has 0 radical (unpaired) electrons. The number of nitrogens with one attached hydrogen (secondary N) is 1. The lowest BCUT2D eigenvalue weighted by Gasteiger charge is -2.28. The summed E-state index contributed by atoms with van der Waals surface area (Å²) in [5.41, 5.74) is 7.96. The first-order valence-corrected chi connectivity index (χ1v) is 3.29. The van der Waals surface area contributed by atoms with E-state index in [0.29, 0.717) is 6.54 Å². The number of hydrogen-bond acceptors (Lipinski definition) is 2. The summed E-state index contributed by atoms with van der Waals surface area (Å²) in [6.45, 7) is 0.0932. The minimum atomic E-state index is -2.88. The Morgan fingerprint density at radius 1 is 1.58 bits per heavy atom. The molecule has 1 N–H and O–H groups in total. The minimum Gasteiger partial charge on any atom is -0.311 e. The third-order valence-electron chi connectivity index (χ3n) is 1.63. The zero-order chi connectivity index (χ0) is 8.32. The number of azide groups is 1. The highest BCUT2D eigenvalue weighted by Crippen LogP contribution is 2.25. The molecule has 1 unspecified atom stereocenters. The molecule has 1 heterocycles. The van der Waals surface area contributed by atoms with E-state index in [1.807, 2.05) is 0 Å². The molecule has 1 atom stereocenters. The van der Waals surface area contributed by atoms with Crippen molar-refractivity contribution in [1.82, 2.24) is 5.32 Å². The van der Waals surface area contributed by atoms with E-state index in [0.717, 1.165) is 0 Å². The van der Waals surface area contributed by atoms with E-state index in [9.17, 15) is 8.78 Å². The Kier molecular flexibility index (Phi) is 4.23. The highest BCUT2D eigenvalue weighted by molar-refractivity contribution is 5.85. The van der Waals surface area contributed by atoms with E-state index in [1.54, 1.807) is 0 Å². The predicted molar refractivity (Wildman–Crippen MR) is 42.6 cm³/mol. The van der Waals surface area contributed by atoms with Gasteiger partial charge in [0, 0.05) is 4.91 Å². The number of nitrogens with zero attached hydrogens (tertiary/aromatic N) is 3. The molecule has 1 fully saturated rings. The van der Waals surface area contributed by atoms with Crippen LogP contribution in [0.5, 0.6) is 0 Å². The van der Waals surface area contributed by atoms with Gasteiger partial charge in [-0.25, -0.2) is 8.78 Å². The molecule has 0 aromatic rings. The number of rotatable bonds is 1. The number of halogens is 3. The van der Waals surface area contributed by atoms with Crippen LogP contribution in [0, 0.1) is 0 Å². The van der Waals surface area contributed by atoms with Crippen LogP contribution in [0.3, 0.4) is 0 Å². The van der Waals surface area contributed by atoms with Crippen LogP contribution in [-0.2, 0) is 0 Å². The molecular formula is C5H9ClF2N4. The predicted octanol–water partition coefficient (Wildman–Crippen LogP) is 1.72. The van der Waals surface area contributed by atoms with E-state index in [2.05, 4.69) is 15.3 Å². The van der Waals surface area contributed by atoms with Gasteiger partial charge in [-0.15, -0.1) is 12.4 Å². The fraction of sp³-hybridized carbons (Fsp3) is 1.00. The monoisotopic (exact) mass is 198 g/mol. The second-order valence-corrected chi connectivity index (χ2v) is 2.45. The zero-order valence-electron chi connectivity index (χ0n) is 6.20. The largest absolute Gasteiger partial charge is 0.311 e. The van der Waals surface area contributed by atoms with Crippen molar-refractivity contribution in [2.75, 3.05) is 13.1 Å². The van der Waals surface area contributed by atoms with Crippen LogP contribution in [-0.4, -0.2) is 25.1 Å².